The second-order valence-corrected chi connectivity index (χ2v) is 4.76. The minimum absolute atomic E-state index is 0.0238. The van der Waals surface area contributed by atoms with Crippen LogP contribution in [0.4, 0.5) is 0 Å². The minimum Gasteiger partial charge on any atom is -0.292 e. The van der Waals surface area contributed by atoms with Crippen molar-refractivity contribution in [2.45, 2.75) is 27.3 Å². The summed E-state index contributed by atoms with van der Waals surface area (Å²) in [6.07, 6.45) is 3.15. The average Bonchev–Trinajstić information content (AvgIpc) is 2.37. The van der Waals surface area contributed by atoms with E-state index in [1.807, 2.05) is 32.9 Å². The first-order valence-electron chi connectivity index (χ1n) is 6.11. The van der Waals surface area contributed by atoms with Crippen LogP contribution in [-0.4, -0.2) is 15.3 Å². The molecule has 0 N–H and O–H groups in total. The van der Waals surface area contributed by atoms with E-state index in [0.717, 1.165) is 16.7 Å². The van der Waals surface area contributed by atoms with E-state index in [9.17, 15) is 9.59 Å². The fourth-order valence-corrected chi connectivity index (χ4v) is 1.84. The molecule has 4 nitrogen and oxygen atoms in total. The lowest BCUT2D eigenvalue weighted by atomic mass is 10.0. The third-order valence-corrected chi connectivity index (χ3v) is 3.13. The van der Waals surface area contributed by atoms with Crippen LogP contribution in [0.25, 0.3) is 0 Å². The molecule has 0 aliphatic carbocycles. The lowest BCUT2D eigenvalue weighted by molar-refractivity contribution is 0.0970. The summed E-state index contributed by atoms with van der Waals surface area (Å²) in [7, 11) is 0. The third-order valence-electron chi connectivity index (χ3n) is 3.13. The van der Waals surface area contributed by atoms with Crippen molar-refractivity contribution in [3.8, 4) is 0 Å². The normalized spacial score (nSPS) is 10.5. The number of hydrogen-bond acceptors (Lipinski definition) is 3. The van der Waals surface area contributed by atoms with Gasteiger partial charge in [-0.15, -0.1) is 0 Å². The van der Waals surface area contributed by atoms with E-state index in [1.165, 1.54) is 10.8 Å². The molecule has 2 aromatic rings. The fraction of sp³-hybridized carbons (Fsp3) is 0.267. The van der Waals surface area contributed by atoms with Gasteiger partial charge in [-0.05, 0) is 43.5 Å². The van der Waals surface area contributed by atoms with Gasteiger partial charge in [0.05, 0.1) is 6.54 Å². The van der Waals surface area contributed by atoms with E-state index in [0.29, 0.717) is 5.56 Å². The number of nitrogens with zero attached hydrogens (tertiary/aromatic N) is 2. The first kappa shape index (κ1) is 13.2. The molecule has 0 spiro atoms. The Balaban J connectivity index is 2.28. The topological polar surface area (TPSA) is 52.0 Å². The van der Waals surface area contributed by atoms with Crippen LogP contribution in [-0.2, 0) is 6.54 Å². The lowest BCUT2D eigenvalue weighted by Gasteiger charge is -2.07. The van der Waals surface area contributed by atoms with Crippen LogP contribution in [0.2, 0.25) is 0 Å². The highest BCUT2D eigenvalue weighted by Crippen LogP contribution is 2.11. The predicted octanol–water partition coefficient (Wildman–Crippen LogP) is 2.05. The molecule has 19 heavy (non-hydrogen) atoms. The second kappa shape index (κ2) is 5.18. The molecule has 0 saturated carbocycles. The molecule has 0 atom stereocenters. The Kier molecular flexibility index (Phi) is 3.60. The number of carbonyl (C=O) groups is 1. The monoisotopic (exact) mass is 256 g/mol. The molecule has 4 heteroatoms. The van der Waals surface area contributed by atoms with Gasteiger partial charge in [0.1, 0.15) is 0 Å². The van der Waals surface area contributed by atoms with Gasteiger partial charge >= 0.3 is 5.69 Å². The zero-order chi connectivity index (χ0) is 14.0. The quantitative estimate of drug-likeness (QED) is 0.790. The summed E-state index contributed by atoms with van der Waals surface area (Å²) in [4.78, 5) is 27.4. The number of carbonyl (C=O) groups excluding carboxylic acids is 1. The van der Waals surface area contributed by atoms with Gasteiger partial charge in [-0.2, -0.15) is 0 Å². The first-order valence-corrected chi connectivity index (χ1v) is 6.11. The zero-order valence-electron chi connectivity index (χ0n) is 11.3. The average molecular weight is 256 g/mol. The van der Waals surface area contributed by atoms with Crippen molar-refractivity contribution in [3.63, 3.8) is 0 Å². The highest BCUT2D eigenvalue weighted by atomic mass is 16.2. The maximum atomic E-state index is 12.2. The van der Waals surface area contributed by atoms with Crippen LogP contribution in [0.1, 0.15) is 27.0 Å². The molecule has 0 bridgehead atoms. The summed E-state index contributed by atoms with van der Waals surface area (Å²) in [6.45, 7) is 5.82. The Hall–Kier alpha value is -2.23. The third kappa shape index (κ3) is 2.96. The van der Waals surface area contributed by atoms with E-state index in [4.69, 9.17) is 0 Å². The number of aromatic nitrogens is 2. The number of rotatable bonds is 3. The first-order chi connectivity index (χ1) is 8.97. The Morgan fingerprint density at radius 1 is 1.21 bits per heavy atom. The van der Waals surface area contributed by atoms with Crippen molar-refractivity contribution in [3.05, 3.63) is 63.3 Å². The number of benzene rings is 1. The van der Waals surface area contributed by atoms with E-state index in [-0.39, 0.29) is 12.3 Å². The van der Waals surface area contributed by atoms with Crippen molar-refractivity contribution < 1.29 is 4.79 Å². The Morgan fingerprint density at radius 3 is 2.63 bits per heavy atom. The summed E-state index contributed by atoms with van der Waals surface area (Å²) in [6, 6.07) is 5.56. The molecule has 1 heterocycles. The maximum absolute atomic E-state index is 12.2. The molecule has 98 valence electrons. The highest BCUT2D eigenvalue weighted by Gasteiger charge is 2.09. The van der Waals surface area contributed by atoms with Crippen LogP contribution in [0.15, 0.2) is 35.4 Å². The van der Waals surface area contributed by atoms with Gasteiger partial charge in [0.2, 0.25) is 0 Å². The van der Waals surface area contributed by atoms with E-state index < -0.39 is 5.69 Å². The number of ketones is 1. The SMILES string of the molecule is Cc1cnc(=O)n(CC(=O)c2ccc(C)c(C)c2)c1. The Bertz CT molecular complexity index is 687. The summed E-state index contributed by atoms with van der Waals surface area (Å²) < 4.78 is 1.34. The van der Waals surface area contributed by atoms with Crippen LogP contribution in [0.5, 0.6) is 0 Å². The summed E-state index contributed by atoms with van der Waals surface area (Å²) in [5.74, 6) is -0.0856. The molecule has 0 fully saturated rings. The molecule has 0 unspecified atom stereocenters. The minimum atomic E-state index is -0.400. The van der Waals surface area contributed by atoms with Gasteiger partial charge in [0.15, 0.2) is 5.78 Å². The molecule has 1 aromatic carbocycles. The standard InChI is InChI=1S/C15H16N2O2/c1-10-7-16-15(19)17(8-10)9-14(18)13-5-4-11(2)12(3)6-13/h4-8H,9H2,1-3H3. The Morgan fingerprint density at radius 2 is 1.95 bits per heavy atom. The van der Waals surface area contributed by atoms with Crippen molar-refractivity contribution in [1.29, 1.82) is 0 Å². The largest absolute Gasteiger partial charge is 0.347 e. The molecule has 0 saturated heterocycles. The number of aryl methyl sites for hydroxylation is 3. The van der Waals surface area contributed by atoms with Gasteiger partial charge in [0.25, 0.3) is 0 Å². The molecule has 0 radical (unpaired) electrons. The summed E-state index contributed by atoms with van der Waals surface area (Å²) in [5, 5.41) is 0. The maximum Gasteiger partial charge on any atom is 0.347 e. The molecular weight excluding hydrogens is 240 g/mol. The number of hydrogen-bond donors (Lipinski definition) is 0. The van der Waals surface area contributed by atoms with Crippen LogP contribution >= 0.6 is 0 Å². The van der Waals surface area contributed by atoms with Crippen molar-refractivity contribution in [1.82, 2.24) is 9.55 Å². The van der Waals surface area contributed by atoms with E-state index in [1.54, 1.807) is 12.3 Å². The summed E-state index contributed by atoms with van der Waals surface area (Å²) in [5.41, 5.74) is 3.29. The predicted molar refractivity (Wildman–Crippen MR) is 73.5 cm³/mol. The smallest absolute Gasteiger partial charge is 0.292 e. The van der Waals surface area contributed by atoms with Crippen molar-refractivity contribution in [2.24, 2.45) is 0 Å². The van der Waals surface area contributed by atoms with Gasteiger partial charge in [-0.25, -0.2) is 9.78 Å². The molecule has 1 aromatic heterocycles. The number of Topliss-reactive ketones (excluding diaryl/α,β-unsaturated/α-hetero) is 1. The van der Waals surface area contributed by atoms with Gasteiger partial charge in [-0.3, -0.25) is 9.36 Å². The van der Waals surface area contributed by atoms with Crippen molar-refractivity contribution in [2.75, 3.05) is 0 Å². The highest BCUT2D eigenvalue weighted by molar-refractivity contribution is 5.96. The van der Waals surface area contributed by atoms with Gasteiger partial charge in [0, 0.05) is 18.0 Å². The Labute approximate surface area is 111 Å². The molecule has 0 amide bonds. The molecule has 0 aliphatic heterocycles. The fourth-order valence-electron chi connectivity index (χ4n) is 1.84. The second-order valence-electron chi connectivity index (χ2n) is 4.76. The van der Waals surface area contributed by atoms with Gasteiger partial charge in [-0.1, -0.05) is 12.1 Å². The molecule has 2 rings (SSSR count). The van der Waals surface area contributed by atoms with Crippen LogP contribution in [0.3, 0.4) is 0 Å². The van der Waals surface area contributed by atoms with E-state index >= 15 is 0 Å². The molecular formula is C15H16N2O2. The summed E-state index contributed by atoms with van der Waals surface area (Å²) >= 11 is 0. The van der Waals surface area contributed by atoms with Crippen LogP contribution < -0.4 is 5.69 Å². The lowest BCUT2D eigenvalue weighted by Crippen LogP contribution is -2.26. The van der Waals surface area contributed by atoms with Gasteiger partial charge < -0.3 is 0 Å². The van der Waals surface area contributed by atoms with Crippen LogP contribution in [0, 0.1) is 20.8 Å². The zero-order valence-corrected chi connectivity index (χ0v) is 11.3. The van der Waals surface area contributed by atoms with Crippen molar-refractivity contribution >= 4 is 5.78 Å². The molecule has 0 aliphatic rings. The van der Waals surface area contributed by atoms with E-state index in [2.05, 4.69) is 4.98 Å².